The van der Waals surface area contributed by atoms with Crippen LogP contribution in [0.3, 0.4) is 0 Å². The van der Waals surface area contributed by atoms with Crippen molar-refractivity contribution < 1.29 is 13.2 Å². The van der Waals surface area contributed by atoms with Gasteiger partial charge in [0.05, 0.1) is 17.1 Å². The Labute approximate surface area is 187 Å². The van der Waals surface area contributed by atoms with Gasteiger partial charge in [-0.25, -0.2) is 13.1 Å². The first-order valence-electron chi connectivity index (χ1n) is 10.8. The Kier molecular flexibility index (Phi) is 5.52. The molecule has 2 aliphatic rings. The van der Waals surface area contributed by atoms with Gasteiger partial charge in [-0.15, -0.1) is 5.10 Å². The molecule has 0 unspecified atom stereocenters. The first-order chi connectivity index (χ1) is 15.5. The maximum absolute atomic E-state index is 13.3. The van der Waals surface area contributed by atoms with E-state index in [1.807, 2.05) is 60.7 Å². The van der Waals surface area contributed by atoms with Gasteiger partial charge < -0.3 is 4.90 Å². The third-order valence-corrected chi connectivity index (χ3v) is 7.83. The summed E-state index contributed by atoms with van der Waals surface area (Å²) in [5, 5.41) is 8.52. The number of sulfonamides is 1. The summed E-state index contributed by atoms with van der Waals surface area (Å²) in [6.45, 7) is 1.25. The molecular weight excluding hydrogens is 426 g/mol. The summed E-state index contributed by atoms with van der Waals surface area (Å²) in [4.78, 5) is 15.0. The minimum absolute atomic E-state index is 0.0288. The summed E-state index contributed by atoms with van der Waals surface area (Å²) < 4.78 is 28.9. The van der Waals surface area contributed by atoms with Gasteiger partial charge in [0, 0.05) is 32.1 Å². The highest BCUT2D eigenvalue weighted by Crippen LogP contribution is 2.42. The van der Waals surface area contributed by atoms with Crippen LogP contribution >= 0.6 is 0 Å². The quantitative estimate of drug-likeness (QED) is 0.574. The van der Waals surface area contributed by atoms with Gasteiger partial charge >= 0.3 is 0 Å². The van der Waals surface area contributed by atoms with Gasteiger partial charge in [-0.3, -0.25) is 4.79 Å². The van der Waals surface area contributed by atoms with E-state index in [-0.39, 0.29) is 30.7 Å². The average Bonchev–Trinajstić information content (AvgIpc) is 3.57. The Bertz CT molecular complexity index is 1200. The van der Waals surface area contributed by atoms with Crippen LogP contribution in [0.25, 0.3) is 5.69 Å². The minimum atomic E-state index is -3.43. The topological polar surface area (TPSA) is 88.4 Å². The van der Waals surface area contributed by atoms with E-state index >= 15 is 0 Å². The van der Waals surface area contributed by atoms with Gasteiger partial charge in [0.1, 0.15) is 0 Å². The molecule has 3 aromatic rings. The summed E-state index contributed by atoms with van der Waals surface area (Å²) in [5.41, 5.74) is 2.90. The third-order valence-electron chi connectivity index (χ3n) is 5.98. The molecule has 1 aliphatic carbocycles. The predicted molar refractivity (Wildman–Crippen MR) is 120 cm³/mol. The van der Waals surface area contributed by atoms with Crippen LogP contribution in [0.15, 0.2) is 60.7 Å². The van der Waals surface area contributed by atoms with Gasteiger partial charge in [0.2, 0.25) is 10.0 Å². The molecule has 1 aliphatic heterocycles. The molecule has 1 aromatic heterocycles. The van der Waals surface area contributed by atoms with Crippen molar-refractivity contribution in [1.82, 2.24) is 24.2 Å². The lowest BCUT2D eigenvalue weighted by molar-refractivity contribution is 0.0690. The fraction of sp³-hybridized carbons (Fsp3) is 0.348. The van der Waals surface area contributed by atoms with E-state index in [0.29, 0.717) is 18.8 Å². The maximum Gasteiger partial charge on any atom is 0.276 e. The lowest BCUT2D eigenvalue weighted by atomic mass is 10.2. The van der Waals surface area contributed by atoms with Crippen molar-refractivity contribution >= 4 is 15.9 Å². The molecule has 8 nitrogen and oxygen atoms in total. The monoisotopic (exact) mass is 451 g/mol. The highest BCUT2D eigenvalue weighted by molar-refractivity contribution is 7.88. The predicted octanol–water partition coefficient (Wildman–Crippen LogP) is 2.43. The Morgan fingerprint density at radius 3 is 2.16 bits per heavy atom. The maximum atomic E-state index is 13.3. The zero-order valence-electron chi connectivity index (χ0n) is 17.7. The molecule has 5 rings (SSSR count). The van der Waals surface area contributed by atoms with Crippen LogP contribution in [0.5, 0.6) is 0 Å². The molecule has 166 valence electrons. The summed E-state index contributed by atoms with van der Waals surface area (Å²) >= 11 is 0. The molecule has 9 heteroatoms. The highest BCUT2D eigenvalue weighted by Gasteiger charge is 2.37. The highest BCUT2D eigenvalue weighted by atomic mass is 32.2. The second kappa shape index (κ2) is 8.48. The molecule has 0 radical (unpaired) electrons. The van der Waals surface area contributed by atoms with Crippen molar-refractivity contribution in [1.29, 1.82) is 0 Å². The third kappa shape index (κ3) is 4.18. The Hall–Kier alpha value is -3.04. The van der Waals surface area contributed by atoms with Crippen molar-refractivity contribution in [3.05, 3.63) is 77.6 Å². The molecule has 32 heavy (non-hydrogen) atoms. The lowest BCUT2D eigenvalue weighted by Gasteiger charge is -2.33. The summed E-state index contributed by atoms with van der Waals surface area (Å²) in [6, 6.07) is 18.9. The van der Waals surface area contributed by atoms with E-state index < -0.39 is 10.0 Å². The van der Waals surface area contributed by atoms with Crippen molar-refractivity contribution in [2.24, 2.45) is 0 Å². The molecule has 2 heterocycles. The van der Waals surface area contributed by atoms with Crippen LogP contribution in [0.1, 0.15) is 40.5 Å². The number of benzene rings is 2. The molecule has 1 saturated heterocycles. The molecule has 0 spiro atoms. The van der Waals surface area contributed by atoms with Gasteiger partial charge in [-0.05, 0) is 30.5 Å². The number of aromatic nitrogens is 3. The number of rotatable bonds is 6. The fourth-order valence-corrected chi connectivity index (χ4v) is 5.64. The first kappa shape index (κ1) is 20.8. The second-order valence-electron chi connectivity index (χ2n) is 8.28. The lowest BCUT2D eigenvalue weighted by Crippen LogP contribution is -2.51. The van der Waals surface area contributed by atoms with E-state index in [9.17, 15) is 13.2 Å². The normalized spacial score (nSPS) is 17.4. The van der Waals surface area contributed by atoms with Crippen LogP contribution in [-0.4, -0.2) is 64.7 Å². The molecule has 0 N–H and O–H groups in total. The number of amides is 1. The van der Waals surface area contributed by atoms with Crippen LogP contribution in [-0.2, 0) is 15.8 Å². The number of carbonyl (C=O) groups excluding carboxylic acids is 1. The van der Waals surface area contributed by atoms with Crippen molar-refractivity contribution in [2.75, 3.05) is 26.2 Å². The molecular formula is C23H25N5O3S. The van der Waals surface area contributed by atoms with Crippen LogP contribution < -0.4 is 0 Å². The smallest absolute Gasteiger partial charge is 0.276 e. The zero-order chi connectivity index (χ0) is 22.1. The number of piperazine rings is 1. The van der Waals surface area contributed by atoms with Crippen molar-refractivity contribution in [3.8, 4) is 5.69 Å². The summed E-state index contributed by atoms with van der Waals surface area (Å²) in [5.74, 6) is 0.0878. The molecule has 0 bridgehead atoms. The van der Waals surface area contributed by atoms with E-state index in [4.69, 9.17) is 0 Å². The standard InChI is InChI=1S/C23H25N5O3S/c29-23(21-22(19-11-12-19)28(25-24-21)20-9-5-2-6-10-20)26-13-15-27(16-14-26)32(30,31)17-18-7-3-1-4-8-18/h1-10,19H,11-17H2. The fourth-order valence-electron chi connectivity index (χ4n) is 4.12. The number of para-hydroxylation sites is 1. The van der Waals surface area contributed by atoms with Gasteiger partial charge in [0.15, 0.2) is 5.69 Å². The first-order valence-corrected chi connectivity index (χ1v) is 12.5. The Balaban J connectivity index is 1.30. The molecule has 1 amide bonds. The molecule has 2 fully saturated rings. The minimum Gasteiger partial charge on any atom is -0.335 e. The van der Waals surface area contributed by atoms with Gasteiger partial charge in [-0.2, -0.15) is 4.31 Å². The summed E-state index contributed by atoms with van der Waals surface area (Å²) in [6.07, 6.45) is 2.04. The number of hydrogen-bond acceptors (Lipinski definition) is 5. The van der Waals surface area contributed by atoms with E-state index in [1.165, 1.54) is 4.31 Å². The van der Waals surface area contributed by atoms with Crippen molar-refractivity contribution in [3.63, 3.8) is 0 Å². The number of carbonyl (C=O) groups is 1. The number of nitrogens with zero attached hydrogens (tertiary/aromatic N) is 5. The number of hydrogen-bond donors (Lipinski definition) is 0. The SMILES string of the molecule is O=C(c1nnn(-c2ccccc2)c1C1CC1)N1CCN(S(=O)(=O)Cc2ccccc2)CC1. The van der Waals surface area contributed by atoms with Crippen LogP contribution in [0.2, 0.25) is 0 Å². The van der Waals surface area contributed by atoms with E-state index in [0.717, 1.165) is 29.8 Å². The molecule has 1 saturated carbocycles. The molecule has 2 aromatic carbocycles. The average molecular weight is 452 g/mol. The zero-order valence-corrected chi connectivity index (χ0v) is 18.5. The summed E-state index contributed by atoms with van der Waals surface area (Å²) in [7, 11) is -3.43. The van der Waals surface area contributed by atoms with Crippen LogP contribution in [0.4, 0.5) is 0 Å². The van der Waals surface area contributed by atoms with E-state index in [1.54, 1.807) is 9.58 Å². The van der Waals surface area contributed by atoms with Gasteiger partial charge in [0.25, 0.3) is 5.91 Å². The van der Waals surface area contributed by atoms with Crippen LogP contribution in [0, 0.1) is 0 Å². The van der Waals surface area contributed by atoms with E-state index in [2.05, 4.69) is 10.3 Å². The van der Waals surface area contributed by atoms with Crippen molar-refractivity contribution in [2.45, 2.75) is 24.5 Å². The Morgan fingerprint density at radius 2 is 1.53 bits per heavy atom. The largest absolute Gasteiger partial charge is 0.335 e. The Morgan fingerprint density at radius 1 is 0.906 bits per heavy atom. The van der Waals surface area contributed by atoms with Gasteiger partial charge in [-0.1, -0.05) is 53.7 Å². The second-order valence-corrected chi connectivity index (χ2v) is 10.2. The molecule has 0 atom stereocenters.